The molecular weight excluding hydrogens is 263 g/mol. The summed E-state index contributed by atoms with van der Waals surface area (Å²) in [5.41, 5.74) is 2.25. The molecule has 0 saturated carbocycles. The van der Waals surface area contributed by atoms with Crippen LogP contribution < -0.4 is 4.90 Å². The van der Waals surface area contributed by atoms with Gasteiger partial charge in [0.05, 0.1) is 5.69 Å². The predicted octanol–water partition coefficient (Wildman–Crippen LogP) is 3.66. The van der Waals surface area contributed by atoms with E-state index in [1.165, 1.54) is 19.4 Å². The Morgan fingerprint density at radius 3 is 2.38 bits per heavy atom. The average Bonchev–Trinajstić information content (AvgIpc) is 2.96. The lowest BCUT2D eigenvalue weighted by Gasteiger charge is -2.26. The standard InChI is InChI=1S/C18H27FN2/c1-17(2,3)14-5-6-16(15(19)11-14)21-10-8-18(13-21)7-9-20(4)12-18/h5-6,11H,7-10,12-13H2,1-4H3. The molecule has 2 heterocycles. The molecule has 2 saturated heterocycles. The summed E-state index contributed by atoms with van der Waals surface area (Å²) in [4.78, 5) is 4.66. The first-order valence-electron chi connectivity index (χ1n) is 8.03. The second-order valence-corrected chi connectivity index (χ2v) is 8.08. The third-order valence-electron chi connectivity index (χ3n) is 5.22. The zero-order valence-corrected chi connectivity index (χ0v) is 13.7. The van der Waals surface area contributed by atoms with Crippen LogP contribution in [0.2, 0.25) is 0 Å². The van der Waals surface area contributed by atoms with Gasteiger partial charge in [0, 0.05) is 25.0 Å². The van der Waals surface area contributed by atoms with Crippen molar-refractivity contribution in [2.75, 3.05) is 38.1 Å². The maximum atomic E-state index is 14.5. The number of benzene rings is 1. The van der Waals surface area contributed by atoms with Crippen LogP contribution >= 0.6 is 0 Å². The van der Waals surface area contributed by atoms with Crippen LogP contribution in [-0.4, -0.2) is 38.1 Å². The van der Waals surface area contributed by atoms with Crippen molar-refractivity contribution in [2.24, 2.45) is 5.41 Å². The Morgan fingerprint density at radius 2 is 1.81 bits per heavy atom. The van der Waals surface area contributed by atoms with Crippen LogP contribution in [0.1, 0.15) is 39.2 Å². The van der Waals surface area contributed by atoms with Gasteiger partial charge in [0.25, 0.3) is 0 Å². The van der Waals surface area contributed by atoms with E-state index in [2.05, 4.69) is 43.7 Å². The SMILES string of the molecule is CN1CCC2(CCN(c3ccc(C(C)(C)C)cc3F)C2)C1. The Morgan fingerprint density at radius 1 is 1.10 bits per heavy atom. The van der Waals surface area contributed by atoms with Crippen LogP contribution in [0.5, 0.6) is 0 Å². The zero-order chi connectivity index (χ0) is 15.3. The monoisotopic (exact) mass is 290 g/mol. The second-order valence-electron chi connectivity index (χ2n) is 8.08. The molecule has 116 valence electrons. The molecule has 0 amide bonds. The van der Waals surface area contributed by atoms with Crippen LogP contribution in [0.25, 0.3) is 0 Å². The Labute approximate surface area is 127 Å². The summed E-state index contributed by atoms with van der Waals surface area (Å²) < 4.78 is 14.5. The molecule has 0 aromatic heterocycles. The second kappa shape index (κ2) is 4.98. The summed E-state index contributed by atoms with van der Waals surface area (Å²) in [5.74, 6) is -0.0640. The first-order valence-corrected chi connectivity index (χ1v) is 8.03. The van der Waals surface area contributed by atoms with Crippen molar-refractivity contribution in [3.8, 4) is 0 Å². The van der Waals surface area contributed by atoms with Crippen molar-refractivity contribution >= 4 is 5.69 Å². The summed E-state index contributed by atoms with van der Waals surface area (Å²) in [7, 11) is 2.19. The maximum absolute atomic E-state index is 14.5. The number of halogens is 1. The molecule has 1 aromatic rings. The van der Waals surface area contributed by atoms with E-state index >= 15 is 0 Å². The van der Waals surface area contributed by atoms with Crippen molar-refractivity contribution in [2.45, 2.75) is 39.0 Å². The van der Waals surface area contributed by atoms with Crippen molar-refractivity contribution in [1.29, 1.82) is 0 Å². The van der Waals surface area contributed by atoms with Crippen molar-refractivity contribution in [3.05, 3.63) is 29.6 Å². The highest BCUT2D eigenvalue weighted by molar-refractivity contribution is 5.51. The third kappa shape index (κ3) is 2.80. The van der Waals surface area contributed by atoms with Gasteiger partial charge in [-0.3, -0.25) is 0 Å². The average molecular weight is 290 g/mol. The van der Waals surface area contributed by atoms with Crippen LogP contribution in [0.4, 0.5) is 10.1 Å². The molecule has 1 atom stereocenters. The Hall–Kier alpha value is -1.09. The van der Waals surface area contributed by atoms with Gasteiger partial charge >= 0.3 is 0 Å². The highest BCUT2D eigenvalue weighted by atomic mass is 19.1. The minimum absolute atomic E-state index is 0.000232. The topological polar surface area (TPSA) is 6.48 Å². The van der Waals surface area contributed by atoms with Crippen LogP contribution in [0.3, 0.4) is 0 Å². The summed E-state index contributed by atoms with van der Waals surface area (Å²) in [6.07, 6.45) is 2.44. The van der Waals surface area contributed by atoms with E-state index in [4.69, 9.17) is 0 Å². The smallest absolute Gasteiger partial charge is 0.146 e. The largest absolute Gasteiger partial charge is 0.369 e. The number of rotatable bonds is 1. The first-order chi connectivity index (χ1) is 9.79. The van der Waals surface area contributed by atoms with Gasteiger partial charge < -0.3 is 9.80 Å². The number of hydrogen-bond donors (Lipinski definition) is 0. The summed E-state index contributed by atoms with van der Waals surface area (Å²) in [6.45, 7) is 10.7. The quantitative estimate of drug-likeness (QED) is 0.779. The molecule has 0 bridgehead atoms. The Bertz CT molecular complexity index is 535. The number of nitrogens with zero attached hydrogens (tertiary/aromatic N) is 2. The van der Waals surface area contributed by atoms with Gasteiger partial charge in [-0.05, 0) is 49.5 Å². The molecule has 2 nitrogen and oxygen atoms in total. The third-order valence-corrected chi connectivity index (χ3v) is 5.22. The molecular formula is C18H27FN2. The van der Waals surface area contributed by atoms with Gasteiger partial charge in [-0.2, -0.15) is 0 Å². The van der Waals surface area contributed by atoms with E-state index in [9.17, 15) is 4.39 Å². The van der Waals surface area contributed by atoms with Crippen molar-refractivity contribution in [3.63, 3.8) is 0 Å². The molecule has 0 aliphatic carbocycles. The minimum Gasteiger partial charge on any atom is -0.369 e. The van der Waals surface area contributed by atoms with Crippen LogP contribution in [-0.2, 0) is 5.41 Å². The molecule has 1 unspecified atom stereocenters. The first kappa shape index (κ1) is 14.8. The molecule has 2 aliphatic heterocycles. The molecule has 1 spiro atoms. The zero-order valence-electron chi connectivity index (χ0n) is 13.7. The lowest BCUT2D eigenvalue weighted by atomic mass is 9.86. The van der Waals surface area contributed by atoms with Gasteiger partial charge in [-0.25, -0.2) is 4.39 Å². The van der Waals surface area contributed by atoms with Gasteiger partial charge in [0.15, 0.2) is 0 Å². The summed E-state index contributed by atoms with van der Waals surface area (Å²) in [5, 5.41) is 0. The number of hydrogen-bond acceptors (Lipinski definition) is 2. The maximum Gasteiger partial charge on any atom is 0.146 e. The fraction of sp³-hybridized carbons (Fsp3) is 0.667. The summed E-state index contributed by atoms with van der Waals surface area (Å²) >= 11 is 0. The molecule has 2 fully saturated rings. The molecule has 2 aliphatic rings. The van der Waals surface area contributed by atoms with Gasteiger partial charge in [0.1, 0.15) is 5.82 Å². The molecule has 1 aromatic carbocycles. The van der Waals surface area contributed by atoms with E-state index in [0.717, 1.165) is 30.9 Å². The fourth-order valence-corrected chi connectivity index (χ4v) is 3.86. The van der Waals surface area contributed by atoms with E-state index in [1.807, 2.05) is 6.07 Å². The van der Waals surface area contributed by atoms with E-state index in [0.29, 0.717) is 5.41 Å². The Balaban J connectivity index is 1.80. The molecule has 0 N–H and O–H groups in total. The van der Waals surface area contributed by atoms with E-state index < -0.39 is 0 Å². The van der Waals surface area contributed by atoms with Gasteiger partial charge in [-0.15, -0.1) is 0 Å². The normalized spacial score (nSPS) is 27.0. The van der Waals surface area contributed by atoms with Crippen LogP contribution in [0.15, 0.2) is 18.2 Å². The van der Waals surface area contributed by atoms with E-state index in [-0.39, 0.29) is 11.2 Å². The number of anilines is 1. The highest BCUT2D eigenvalue weighted by Gasteiger charge is 2.42. The fourth-order valence-electron chi connectivity index (χ4n) is 3.86. The minimum atomic E-state index is -0.0640. The molecule has 0 radical (unpaired) electrons. The van der Waals surface area contributed by atoms with Gasteiger partial charge in [-0.1, -0.05) is 26.8 Å². The molecule has 3 heteroatoms. The van der Waals surface area contributed by atoms with Crippen molar-refractivity contribution < 1.29 is 4.39 Å². The van der Waals surface area contributed by atoms with Crippen LogP contribution in [0, 0.1) is 11.2 Å². The van der Waals surface area contributed by atoms with Gasteiger partial charge in [0.2, 0.25) is 0 Å². The predicted molar refractivity (Wildman–Crippen MR) is 86.5 cm³/mol. The molecule has 21 heavy (non-hydrogen) atoms. The summed E-state index contributed by atoms with van der Waals surface area (Å²) in [6, 6.07) is 5.79. The highest BCUT2D eigenvalue weighted by Crippen LogP contribution is 2.41. The Kier molecular flexibility index (Phi) is 3.52. The lowest BCUT2D eigenvalue weighted by Crippen LogP contribution is -2.30. The number of likely N-dealkylation sites (tertiary alicyclic amines) is 1. The van der Waals surface area contributed by atoms with Crippen molar-refractivity contribution in [1.82, 2.24) is 4.90 Å². The molecule has 3 rings (SSSR count). The van der Waals surface area contributed by atoms with E-state index in [1.54, 1.807) is 6.07 Å². The lowest BCUT2D eigenvalue weighted by molar-refractivity contribution is 0.312.